The second-order valence-electron chi connectivity index (χ2n) is 4.88. The number of hydrogen-bond donors (Lipinski definition) is 2. The van der Waals surface area contributed by atoms with Crippen molar-refractivity contribution in [2.24, 2.45) is 0 Å². The van der Waals surface area contributed by atoms with Crippen LogP contribution in [0.25, 0.3) is 0 Å². The summed E-state index contributed by atoms with van der Waals surface area (Å²) in [5, 5.41) is 13.4. The van der Waals surface area contributed by atoms with Crippen LogP contribution in [0.2, 0.25) is 0 Å². The molecule has 0 fully saturated rings. The summed E-state index contributed by atoms with van der Waals surface area (Å²) in [6.07, 6.45) is -1.42. The van der Waals surface area contributed by atoms with Crippen molar-refractivity contribution in [3.63, 3.8) is 0 Å². The van der Waals surface area contributed by atoms with Crippen molar-refractivity contribution < 1.29 is 18.3 Å². The van der Waals surface area contributed by atoms with Gasteiger partial charge in [-0.05, 0) is 49.6 Å². The molecule has 0 aromatic heterocycles. The van der Waals surface area contributed by atoms with Crippen LogP contribution in [-0.4, -0.2) is 30.2 Å². The third kappa shape index (κ3) is 5.34. The van der Waals surface area contributed by atoms with E-state index < -0.39 is 17.3 Å². The number of aliphatic hydroxyl groups is 1. The van der Waals surface area contributed by atoms with Crippen LogP contribution >= 0.6 is 11.8 Å². The van der Waals surface area contributed by atoms with Crippen molar-refractivity contribution in [2.75, 3.05) is 25.1 Å². The van der Waals surface area contributed by atoms with E-state index in [9.17, 15) is 18.3 Å². The molecule has 0 aliphatic carbocycles. The molecule has 114 valence electrons. The van der Waals surface area contributed by atoms with Crippen molar-refractivity contribution in [1.29, 1.82) is 0 Å². The van der Waals surface area contributed by atoms with Crippen molar-refractivity contribution in [3.8, 4) is 0 Å². The molecule has 1 unspecified atom stereocenters. The monoisotopic (exact) mass is 307 g/mol. The van der Waals surface area contributed by atoms with E-state index in [0.29, 0.717) is 0 Å². The Hall–Kier alpha value is -0.720. The molecule has 1 aromatic rings. The summed E-state index contributed by atoms with van der Waals surface area (Å²) in [4.78, 5) is 0. The Bertz CT molecular complexity index is 421. The number of nitrogens with one attached hydrogen (secondary N) is 1. The molecule has 1 rings (SSSR count). The summed E-state index contributed by atoms with van der Waals surface area (Å²) in [6.45, 7) is 2.47. The first-order valence-corrected chi connectivity index (χ1v) is 7.76. The minimum atomic E-state index is -4.39. The largest absolute Gasteiger partial charge is 0.416 e. The molecule has 1 aromatic carbocycles. The molecule has 0 aliphatic rings. The number of hydrogen-bond acceptors (Lipinski definition) is 3. The van der Waals surface area contributed by atoms with Gasteiger partial charge < -0.3 is 10.4 Å². The van der Waals surface area contributed by atoms with E-state index in [1.54, 1.807) is 11.8 Å². The van der Waals surface area contributed by atoms with Gasteiger partial charge in [0, 0.05) is 6.54 Å². The normalized spacial score (nSPS) is 15.1. The minimum Gasteiger partial charge on any atom is -0.384 e. The van der Waals surface area contributed by atoms with E-state index in [4.69, 9.17) is 0 Å². The maximum Gasteiger partial charge on any atom is 0.416 e. The minimum absolute atomic E-state index is 0.225. The van der Waals surface area contributed by atoms with Crippen LogP contribution in [0.3, 0.4) is 0 Å². The molecular weight excluding hydrogens is 287 g/mol. The molecule has 0 saturated heterocycles. The van der Waals surface area contributed by atoms with Gasteiger partial charge in [-0.1, -0.05) is 12.1 Å². The smallest absolute Gasteiger partial charge is 0.384 e. The molecule has 6 heteroatoms. The molecule has 2 nitrogen and oxygen atoms in total. The molecule has 0 spiro atoms. The van der Waals surface area contributed by atoms with Crippen LogP contribution < -0.4 is 5.32 Å². The molecule has 0 aliphatic heterocycles. The Labute approximate surface area is 121 Å². The van der Waals surface area contributed by atoms with Crippen LogP contribution in [-0.2, 0) is 11.8 Å². The van der Waals surface area contributed by atoms with Gasteiger partial charge in [0.1, 0.15) is 0 Å². The third-order valence-corrected chi connectivity index (χ3v) is 3.68. The van der Waals surface area contributed by atoms with Crippen molar-refractivity contribution in [2.45, 2.75) is 25.1 Å². The standard InChI is InChI=1S/C14H20F3NOS/c1-13(19,10-18-7-4-8-20-2)11-5-3-6-12(9-11)14(15,16)17/h3,5-6,9,18-19H,4,7-8,10H2,1-2H3. The highest BCUT2D eigenvalue weighted by Gasteiger charge is 2.32. The quantitative estimate of drug-likeness (QED) is 0.759. The Kier molecular flexibility index (Phi) is 6.36. The zero-order valence-corrected chi connectivity index (χ0v) is 12.4. The number of benzene rings is 1. The lowest BCUT2D eigenvalue weighted by Crippen LogP contribution is -2.36. The molecule has 0 radical (unpaired) electrons. The summed E-state index contributed by atoms with van der Waals surface area (Å²) in [5.74, 6) is 1.01. The average molecular weight is 307 g/mol. The van der Waals surface area contributed by atoms with Gasteiger partial charge in [0.25, 0.3) is 0 Å². The molecule has 0 bridgehead atoms. The maximum absolute atomic E-state index is 12.6. The summed E-state index contributed by atoms with van der Waals surface area (Å²) in [5.41, 5.74) is -1.79. The van der Waals surface area contributed by atoms with Crippen LogP contribution in [0.5, 0.6) is 0 Å². The molecule has 0 amide bonds. The van der Waals surface area contributed by atoms with Crippen LogP contribution in [0.15, 0.2) is 24.3 Å². The fourth-order valence-corrected chi connectivity index (χ4v) is 2.24. The van der Waals surface area contributed by atoms with E-state index in [1.807, 2.05) is 6.26 Å². The van der Waals surface area contributed by atoms with E-state index in [0.717, 1.165) is 30.9 Å². The van der Waals surface area contributed by atoms with Gasteiger partial charge in [0.2, 0.25) is 0 Å². The fraction of sp³-hybridized carbons (Fsp3) is 0.571. The average Bonchev–Trinajstić information content (AvgIpc) is 2.37. The van der Waals surface area contributed by atoms with Crippen LogP contribution in [0.1, 0.15) is 24.5 Å². The molecular formula is C14H20F3NOS. The second kappa shape index (κ2) is 7.33. The molecule has 0 saturated carbocycles. The lowest BCUT2D eigenvalue weighted by molar-refractivity contribution is -0.137. The van der Waals surface area contributed by atoms with Gasteiger partial charge in [-0.15, -0.1) is 0 Å². The van der Waals surface area contributed by atoms with E-state index in [1.165, 1.54) is 19.1 Å². The lowest BCUT2D eigenvalue weighted by Gasteiger charge is -2.25. The third-order valence-electron chi connectivity index (χ3n) is 2.98. The fourth-order valence-electron chi connectivity index (χ4n) is 1.81. The summed E-state index contributed by atoms with van der Waals surface area (Å²) < 4.78 is 37.9. The Balaban J connectivity index is 2.67. The Morgan fingerprint density at radius 3 is 2.50 bits per heavy atom. The van der Waals surface area contributed by atoms with E-state index >= 15 is 0 Å². The van der Waals surface area contributed by atoms with Gasteiger partial charge in [0.15, 0.2) is 0 Å². The SMILES string of the molecule is CSCCCNCC(C)(O)c1cccc(C(F)(F)F)c1. The number of alkyl halides is 3. The zero-order valence-electron chi connectivity index (χ0n) is 11.6. The molecule has 0 heterocycles. The first-order valence-electron chi connectivity index (χ1n) is 6.37. The predicted octanol–water partition coefficient (Wildman–Crippen LogP) is 3.26. The highest BCUT2D eigenvalue weighted by Crippen LogP contribution is 2.31. The summed E-state index contributed by atoms with van der Waals surface area (Å²) >= 11 is 1.73. The number of halogens is 3. The van der Waals surface area contributed by atoms with Crippen LogP contribution in [0, 0.1) is 0 Å². The van der Waals surface area contributed by atoms with Gasteiger partial charge in [0.05, 0.1) is 11.2 Å². The van der Waals surface area contributed by atoms with Crippen molar-refractivity contribution >= 4 is 11.8 Å². The van der Waals surface area contributed by atoms with Gasteiger partial charge in [-0.2, -0.15) is 24.9 Å². The highest BCUT2D eigenvalue weighted by molar-refractivity contribution is 7.98. The van der Waals surface area contributed by atoms with Crippen molar-refractivity contribution in [3.05, 3.63) is 35.4 Å². The van der Waals surface area contributed by atoms with E-state index in [2.05, 4.69) is 5.32 Å². The molecule has 1 atom stereocenters. The van der Waals surface area contributed by atoms with Gasteiger partial charge in [-0.3, -0.25) is 0 Å². The van der Waals surface area contributed by atoms with E-state index in [-0.39, 0.29) is 12.1 Å². The number of thioether (sulfide) groups is 1. The lowest BCUT2D eigenvalue weighted by atomic mass is 9.94. The van der Waals surface area contributed by atoms with Gasteiger partial charge >= 0.3 is 6.18 Å². The predicted molar refractivity (Wildman–Crippen MR) is 76.9 cm³/mol. The molecule has 20 heavy (non-hydrogen) atoms. The Morgan fingerprint density at radius 1 is 1.25 bits per heavy atom. The first kappa shape index (κ1) is 17.3. The Morgan fingerprint density at radius 2 is 1.90 bits per heavy atom. The first-order chi connectivity index (χ1) is 9.27. The second-order valence-corrected chi connectivity index (χ2v) is 5.86. The van der Waals surface area contributed by atoms with Crippen LogP contribution in [0.4, 0.5) is 13.2 Å². The topological polar surface area (TPSA) is 32.3 Å². The summed E-state index contributed by atoms with van der Waals surface area (Å²) in [6, 6.07) is 4.84. The van der Waals surface area contributed by atoms with Crippen molar-refractivity contribution in [1.82, 2.24) is 5.32 Å². The highest BCUT2D eigenvalue weighted by atomic mass is 32.2. The maximum atomic E-state index is 12.6. The summed E-state index contributed by atoms with van der Waals surface area (Å²) in [7, 11) is 0. The zero-order chi connectivity index (χ0) is 15.2. The molecule has 2 N–H and O–H groups in total. The number of rotatable bonds is 7. The van der Waals surface area contributed by atoms with Gasteiger partial charge in [-0.25, -0.2) is 0 Å².